The lowest BCUT2D eigenvalue weighted by Gasteiger charge is -2.39. The van der Waals surface area contributed by atoms with Gasteiger partial charge in [-0.1, -0.05) is 78.7 Å². The van der Waals surface area contributed by atoms with E-state index in [0.29, 0.717) is 13.0 Å². The van der Waals surface area contributed by atoms with Crippen LogP contribution in [0.1, 0.15) is 85.5 Å². The number of aliphatic hydroxyl groups is 1. The van der Waals surface area contributed by atoms with E-state index in [1.807, 2.05) is 6.08 Å². The fraction of sp³-hybridized carbons (Fsp3) is 0.900. The Labute approximate surface area is 146 Å². The summed E-state index contributed by atoms with van der Waals surface area (Å²) in [5.41, 5.74) is -0.735. The van der Waals surface area contributed by atoms with E-state index < -0.39 is 13.9 Å². The van der Waals surface area contributed by atoms with Crippen molar-refractivity contribution in [3.8, 4) is 0 Å². The summed E-state index contributed by atoms with van der Waals surface area (Å²) in [6.45, 7) is 17.7. The van der Waals surface area contributed by atoms with Gasteiger partial charge >= 0.3 is 0 Å². The third-order valence-electron chi connectivity index (χ3n) is 5.28. The Morgan fingerprint density at radius 3 is 2.00 bits per heavy atom. The average Bonchev–Trinajstić information content (AvgIpc) is 2.44. The number of hydrogen-bond acceptors (Lipinski definition) is 2. The van der Waals surface area contributed by atoms with Gasteiger partial charge in [0.25, 0.3) is 0 Å². The first-order valence-electron chi connectivity index (χ1n) is 9.55. The zero-order valence-corrected chi connectivity index (χ0v) is 17.7. The molecule has 0 rings (SSSR count). The molecule has 0 aliphatic carbocycles. The van der Waals surface area contributed by atoms with E-state index in [1.54, 1.807) is 0 Å². The fourth-order valence-corrected chi connectivity index (χ4v) is 3.51. The van der Waals surface area contributed by atoms with Crippen LogP contribution in [0.15, 0.2) is 12.7 Å². The van der Waals surface area contributed by atoms with Gasteiger partial charge in [0.2, 0.25) is 0 Å². The van der Waals surface area contributed by atoms with Gasteiger partial charge in [-0.15, -0.1) is 6.58 Å². The van der Waals surface area contributed by atoms with Crippen molar-refractivity contribution in [2.45, 2.75) is 109 Å². The van der Waals surface area contributed by atoms with E-state index in [9.17, 15) is 5.11 Å². The summed E-state index contributed by atoms with van der Waals surface area (Å²) in [6, 6.07) is 0. The van der Waals surface area contributed by atoms with E-state index in [4.69, 9.17) is 4.43 Å². The molecule has 1 N–H and O–H groups in total. The second-order valence-corrected chi connectivity index (χ2v) is 13.4. The Balaban J connectivity index is 4.27. The monoisotopic (exact) mass is 342 g/mol. The molecule has 0 aromatic heterocycles. The Bertz CT molecular complexity index is 320. The molecule has 138 valence electrons. The minimum absolute atomic E-state index is 0.182. The molecule has 0 saturated heterocycles. The van der Waals surface area contributed by atoms with E-state index in [0.717, 1.165) is 12.8 Å². The minimum atomic E-state index is -1.81. The van der Waals surface area contributed by atoms with E-state index in [2.05, 4.69) is 47.4 Å². The molecule has 3 heteroatoms. The van der Waals surface area contributed by atoms with E-state index >= 15 is 0 Å². The highest BCUT2D eigenvalue weighted by Gasteiger charge is 2.39. The summed E-state index contributed by atoms with van der Waals surface area (Å²) in [4.78, 5) is 0. The molecule has 2 nitrogen and oxygen atoms in total. The van der Waals surface area contributed by atoms with Crippen molar-refractivity contribution < 1.29 is 9.53 Å². The first-order valence-corrected chi connectivity index (χ1v) is 12.5. The van der Waals surface area contributed by atoms with Crippen LogP contribution < -0.4 is 0 Å². The summed E-state index contributed by atoms with van der Waals surface area (Å²) in [5.74, 6) is 0. The van der Waals surface area contributed by atoms with Crippen molar-refractivity contribution in [1.82, 2.24) is 0 Å². The van der Waals surface area contributed by atoms with Gasteiger partial charge < -0.3 is 9.53 Å². The zero-order valence-electron chi connectivity index (χ0n) is 16.7. The topological polar surface area (TPSA) is 29.5 Å². The molecule has 0 aromatic carbocycles. The van der Waals surface area contributed by atoms with Crippen LogP contribution in [0.4, 0.5) is 0 Å². The summed E-state index contributed by atoms with van der Waals surface area (Å²) < 4.78 is 6.26. The lowest BCUT2D eigenvalue weighted by atomic mass is 9.93. The third kappa shape index (κ3) is 9.68. The predicted molar refractivity (Wildman–Crippen MR) is 106 cm³/mol. The first-order chi connectivity index (χ1) is 10.6. The normalized spacial score (nSPS) is 15.4. The number of rotatable bonds is 13. The second-order valence-electron chi connectivity index (χ2n) is 8.64. The summed E-state index contributed by atoms with van der Waals surface area (Å²) in [7, 11) is -1.81. The summed E-state index contributed by atoms with van der Waals surface area (Å²) in [5, 5.41) is 11.1. The van der Waals surface area contributed by atoms with Crippen molar-refractivity contribution >= 4 is 8.32 Å². The highest BCUT2D eigenvalue weighted by atomic mass is 28.4. The SMILES string of the molecule is C=CC[C@@](O)(CCCCCCCCC)CO[Si](C)(C)C(C)(C)C. The van der Waals surface area contributed by atoms with Crippen molar-refractivity contribution in [3.63, 3.8) is 0 Å². The van der Waals surface area contributed by atoms with Crippen LogP contribution in [0.3, 0.4) is 0 Å². The highest BCUT2D eigenvalue weighted by molar-refractivity contribution is 6.74. The molecule has 0 saturated carbocycles. The van der Waals surface area contributed by atoms with Crippen LogP contribution >= 0.6 is 0 Å². The van der Waals surface area contributed by atoms with Gasteiger partial charge in [0.15, 0.2) is 8.32 Å². The van der Waals surface area contributed by atoms with Gasteiger partial charge in [-0.05, 0) is 31.0 Å². The molecular formula is C20H42O2Si. The van der Waals surface area contributed by atoms with Gasteiger partial charge in [-0.2, -0.15) is 0 Å². The van der Waals surface area contributed by atoms with Crippen LogP contribution in [0, 0.1) is 0 Å². The molecule has 0 amide bonds. The molecule has 0 unspecified atom stereocenters. The van der Waals surface area contributed by atoms with Crippen LogP contribution in [-0.4, -0.2) is 25.6 Å². The fourth-order valence-electron chi connectivity index (χ4n) is 2.44. The van der Waals surface area contributed by atoms with Gasteiger partial charge in [0, 0.05) is 0 Å². The second kappa shape index (κ2) is 10.7. The predicted octanol–water partition coefficient (Wildman–Crippen LogP) is 6.46. The van der Waals surface area contributed by atoms with Crippen molar-refractivity contribution in [2.24, 2.45) is 0 Å². The van der Waals surface area contributed by atoms with Crippen molar-refractivity contribution in [1.29, 1.82) is 0 Å². The standard InChI is InChI=1S/C20H42O2Si/c1-8-10-11-12-13-14-15-17-20(21,16-9-2)18-22-23(6,7)19(3,4)5/h9,21H,2,8,10-18H2,1,3-7H3/t20-/m1/s1. The largest absolute Gasteiger partial charge is 0.414 e. The minimum Gasteiger partial charge on any atom is -0.414 e. The summed E-state index contributed by atoms with van der Waals surface area (Å²) >= 11 is 0. The van der Waals surface area contributed by atoms with Crippen LogP contribution in [0.5, 0.6) is 0 Å². The molecule has 0 radical (unpaired) electrons. The zero-order chi connectivity index (χ0) is 18.0. The van der Waals surface area contributed by atoms with Gasteiger partial charge in [0.1, 0.15) is 0 Å². The number of hydrogen-bond donors (Lipinski definition) is 1. The lowest BCUT2D eigenvalue weighted by Crippen LogP contribution is -2.46. The average molecular weight is 343 g/mol. The quantitative estimate of drug-likeness (QED) is 0.236. The van der Waals surface area contributed by atoms with Gasteiger partial charge in [-0.3, -0.25) is 0 Å². The Hall–Kier alpha value is -0.123. The molecule has 0 aliphatic rings. The molecule has 0 heterocycles. The molecule has 0 spiro atoms. The molecule has 0 aliphatic heterocycles. The maximum absolute atomic E-state index is 10.9. The summed E-state index contributed by atoms with van der Waals surface area (Å²) in [6.07, 6.45) is 12.2. The Morgan fingerprint density at radius 2 is 1.52 bits per heavy atom. The molecule has 0 bridgehead atoms. The van der Waals surface area contributed by atoms with Crippen LogP contribution in [-0.2, 0) is 4.43 Å². The van der Waals surface area contributed by atoms with Gasteiger partial charge in [0.05, 0.1) is 12.2 Å². The molecular weight excluding hydrogens is 300 g/mol. The van der Waals surface area contributed by atoms with Crippen molar-refractivity contribution in [2.75, 3.05) is 6.61 Å². The highest BCUT2D eigenvalue weighted by Crippen LogP contribution is 2.37. The molecule has 0 aromatic rings. The van der Waals surface area contributed by atoms with Gasteiger partial charge in [-0.25, -0.2) is 0 Å². The maximum Gasteiger partial charge on any atom is 0.192 e. The molecule has 1 atom stereocenters. The Morgan fingerprint density at radius 1 is 1.00 bits per heavy atom. The smallest absolute Gasteiger partial charge is 0.192 e. The maximum atomic E-state index is 10.9. The Kier molecular flexibility index (Phi) is 10.6. The lowest BCUT2D eigenvalue weighted by molar-refractivity contribution is -0.0159. The van der Waals surface area contributed by atoms with E-state index in [1.165, 1.54) is 38.5 Å². The molecule has 23 heavy (non-hydrogen) atoms. The van der Waals surface area contributed by atoms with Crippen LogP contribution in [0.2, 0.25) is 18.1 Å². The van der Waals surface area contributed by atoms with Crippen molar-refractivity contribution in [3.05, 3.63) is 12.7 Å². The number of unbranched alkanes of at least 4 members (excludes halogenated alkanes) is 6. The molecule has 0 fully saturated rings. The van der Waals surface area contributed by atoms with E-state index in [-0.39, 0.29) is 5.04 Å². The first kappa shape index (κ1) is 22.9. The van der Waals surface area contributed by atoms with Crippen LogP contribution in [0.25, 0.3) is 0 Å². The third-order valence-corrected chi connectivity index (χ3v) is 9.76.